The minimum atomic E-state index is -0.378. The first kappa shape index (κ1) is 11.9. The summed E-state index contributed by atoms with van der Waals surface area (Å²) in [4.78, 5) is 22.6. The van der Waals surface area contributed by atoms with Crippen molar-refractivity contribution in [1.82, 2.24) is 10.3 Å². The molecule has 0 aliphatic heterocycles. The number of ketones is 1. The molecule has 5 nitrogen and oxygen atoms in total. The van der Waals surface area contributed by atoms with Crippen molar-refractivity contribution in [2.24, 2.45) is 5.10 Å². The summed E-state index contributed by atoms with van der Waals surface area (Å²) < 4.78 is 0. The van der Waals surface area contributed by atoms with Crippen LogP contribution in [0, 0.1) is 0 Å². The molecule has 16 heavy (non-hydrogen) atoms. The van der Waals surface area contributed by atoms with Gasteiger partial charge in [0.1, 0.15) is 0 Å². The van der Waals surface area contributed by atoms with Gasteiger partial charge in [-0.2, -0.15) is 5.10 Å². The fourth-order valence-electron chi connectivity index (χ4n) is 1.03. The third kappa shape index (κ3) is 3.20. The van der Waals surface area contributed by atoms with Gasteiger partial charge in [-0.25, -0.2) is 9.80 Å². The molecule has 1 rings (SSSR count). The molecule has 2 amide bonds. The van der Waals surface area contributed by atoms with E-state index in [0.717, 1.165) is 11.2 Å². The van der Waals surface area contributed by atoms with E-state index in [-0.39, 0.29) is 11.8 Å². The van der Waals surface area contributed by atoms with Gasteiger partial charge in [0.25, 0.3) is 0 Å². The molecule has 0 bridgehead atoms. The Morgan fingerprint density at radius 1 is 1.31 bits per heavy atom. The second-order valence-electron chi connectivity index (χ2n) is 3.05. The lowest BCUT2D eigenvalue weighted by molar-refractivity contribution is 0.106. The van der Waals surface area contributed by atoms with Gasteiger partial charge in [0.05, 0.1) is 6.21 Å². The van der Waals surface area contributed by atoms with Crippen molar-refractivity contribution in [2.45, 2.75) is 0 Å². The van der Waals surface area contributed by atoms with E-state index in [4.69, 9.17) is 0 Å². The summed E-state index contributed by atoms with van der Waals surface area (Å²) in [5.41, 5.74) is 0.538. The number of Topliss-reactive ketones (excluding diaryl/α,β-unsaturated/α-hetero) is 1. The van der Waals surface area contributed by atoms with Crippen molar-refractivity contribution < 1.29 is 9.59 Å². The Labute approximate surface area is 93.8 Å². The van der Waals surface area contributed by atoms with Gasteiger partial charge in [0, 0.05) is 19.7 Å². The van der Waals surface area contributed by atoms with Crippen LogP contribution in [-0.2, 0) is 0 Å². The molecule has 0 aromatic heterocycles. The summed E-state index contributed by atoms with van der Waals surface area (Å²) in [6.45, 7) is 0. The maximum Gasteiger partial charge on any atom is 0.337 e. The summed E-state index contributed by atoms with van der Waals surface area (Å²) in [5.74, 6) is -0.239. The topological polar surface area (TPSA) is 61.8 Å². The van der Waals surface area contributed by atoms with E-state index in [1.807, 2.05) is 6.07 Å². The van der Waals surface area contributed by atoms with Crippen molar-refractivity contribution in [3.05, 3.63) is 35.9 Å². The number of nitrogens with one attached hydrogen (secondary N) is 1. The van der Waals surface area contributed by atoms with E-state index < -0.39 is 0 Å². The molecule has 0 aliphatic carbocycles. The maximum absolute atomic E-state index is 11.6. The zero-order valence-corrected chi connectivity index (χ0v) is 9.18. The molecule has 1 aromatic rings. The van der Waals surface area contributed by atoms with Gasteiger partial charge in [0.15, 0.2) is 0 Å². The zero-order valence-electron chi connectivity index (χ0n) is 9.18. The van der Waals surface area contributed by atoms with Crippen molar-refractivity contribution in [3.63, 3.8) is 0 Å². The summed E-state index contributed by atoms with van der Waals surface area (Å²) >= 11 is 0. The summed E-state index contributed by atoms with van der Waals surface area (Å²) in [5, 5.41) is 7.16. The van der Waals surface area contributed by atoms with E-state index >= 15 is 0 Å². The second kappa shape index (κ2) is 5.65. The molecule has 0 saturated carbocycles. The Kier molecular flexibility index (Phi) is 4.20. The zero-order chi connectivity index (χ0) is 12.0. The standard InChI is InChI=1S/C11H13N3O2/c1-12-11(16)14(2)13-8-10(15)9-6-4-3-5-7-9/h3-8H,1-2H3,(H,12,16). The Hall–Kier alpha value is -2.17. The van der Waals surface area contributed by atoms with Gasteiger partial charge in [-0.05, 0) is 0 Å². The molecule has 0 unspecified atom stereocenters. The van der Waals surface area contributed by atoms with Crippen LogP contribution < -0.4 is 5.32 Å². The number of hydrazone groups is 1. The minimum absolute atomic E-state index is 0.239. The molecule has 0 heterocycles. The van der Waals surface area contributed by atoms with Gasteiger partial charge in [-0.3, -0.25) is 4.79 Å². The molecule has 1 N–H and O–H groups in total. The highest BCUT2D eigenvalue weighted by Crippen LogP contribution is 1.98. The molecule has 0 aliphatic rings. The molecular formula is C11H13N3O2. The van der Waals surface area contributed by atoms with Crippen LogP contribution in [0.4, 0.5) is 4.79 Å². The second-order valence-corrected chi connectivity index (χ2v) is 3.05. The Morgan fingerprint density at radius 3 is 2.50 bits per heavy atom. The van der Waals surface area contributed by atoms with E-state index in [0.29, 0.717) is 5.56 Å². The predicted octanol–water partition coefficient (Wildman–Crippen LogP) is 1.13. The molecule has 5 heteroatoms. The van der Waals surface area contributed by atoms with Crippen molar-refractivity contribution >= 4 is 18.0 Å². The fourth-order valence-corrected chi connectivity index (χ4v) is 1.03. The van der Waals surface area contributed by atoms with Crippen molar-refractivity contribution in [1.29, 1.82) is 0 Å². The molecule has 84 valence electrons. The van der Waals surface area contributed by atoms with E-state index in [9.17, 15) is 9.59 Å². The maximum atomic E-state index is 11.6. The number of rotatable bonds is 3. The SMILES string of the molecule is CNC(=O)N(C)N=CC(=O)c1ccccc1. The van der Waals surface area contributed by atoms with Crippen LogP contribution in [0.25, 0.3) is 0 Å². The lowest BCUT2D eigenvalue weighted by Crippen LogP contribution is -2.31. The molecular weight excluding hydrogens is 206 g/mol. The number of hydrogen-bond acceptors (Lipinski definition) is 3. The monoisotopic (exact) mass is 219 g/mol. The number of hydrogen-bond donors (Lipinski definition) is 1. The molecule has 0 fully saturated rings. The molecule has 0 radical (unpaired) electrons. The highest BCUT2D eigenvalue weighted by molar-refractivity contribution is 6.35. The van der Waals surface area contributed by atoms with Crippen LogP contribution in [0.1, 0.15) is 10.4 Å². The fraction of sp³-hybridized carbons (Fsp3) is 0.182. The number of urea groups is 1. The van der Waals surface area contributed by atoms with Crippen LogP contribution in [0.2, 0.25) is 0 Å². The van der Waals surface area contributed by atoms with Crippen LogP contribution in [-0.4, -0.2) is 37.1 Å². The van der Waals surface area contributed by atoms with Gasteiger partial charge >= 0.3 is 6.03 Å². The highest BCUT2D eigenvalue weighted by Gasteiger charge is 2.04. The smallest absolute Gasteiger partial charge is 0.337 e. The van der Waals surface area contributed by atoms with Crippen LogP contribution >= 0.6 is 0 Å². The largest absolute Gasteiger partial charge is 0.340 e. The van der Waals surface area contributed by atoms with Gasteiger partial charge < -0.3 is 5.32 Å². The number of carbonyl (C=O) groups is 2. The molecule has 0 saturated heterocycles. The first-order valence-corrected chi connectivity index (χ1v) is 4.74. The van der Waals surface area contributed by atoms with Gasteiger partial charge in [-0.1, -0.05) is 30.3 Å². The summed E-state index contributed by atoms with van der Waals surface area (Å²) in [6, 6.07) is 8.36. The number of carbonyl (C=O) groups excluding carboxylic acids is 2. The lowest BCUT2D eigenvalue weighted by Gasteiger charge is -2.08. The number of nitrogens with zero attached hydrogens (tertiary/aromatic N) is 2. The molecule has 1 aromatic carbocycles. The van der Waals surface area contributed by atoms with Crippen LogP contribution in [0.3, 0.4) is 0 Å². The Balaban J connectivity index is 2.65. The highest BCUT2D eigenvalue weighted by atomic mass is 16.2. The average molecular weight is 219 g/mol. The third-order valence-electron chi connectivity index (χ3n) is 1.91. The Bertz CT molecular complexity index is 401. The third-order valence-corrected chi connectivity index (χ3v) is 1.91. The molecule has 0 spiro atoms. The lowest BCUT2D eigenvalue weighted by atomic mass is 10.1. The van der Waals surface area contributed by atoms with E-state index in [2.05, 4.69) is 10.4 Å². The first-order valence-electron chi connectivity index (χ1n) is 4.74. The quantitative estimate of drug-likeness (QED) is 0.470. The van der Waals surface area contributed by atoms with Gasteiger partial charge in [0.2, 0.25) is 5.78 Å². The van der Waals surface area contributed by atoms with E-state index in [1.54, 1.807) is 24.3 Å². The van der Waals surface area contributed by atoms with Crippen molar-refractivity contribution in [3.8, 4) is 0 Å². The van der Waals surface area contributed by atoms with E-state index in [1.165, 1.54) is 14.1 Å². The van der Waals surface area contributed by atoms with Crippen LogP contribution in [0.15, 0.2) is 35.4 Å². The van der Waals surface area contributed by atoms with Gasteiger partial charge in [-0.15, -0.1) is 0 Å². The first-order chi connectivity index (χ1) is 7.65. The van der Waals surface area contributed by atoms with Crippen LogP contribution in [0.5, 0.6) is 0 Å². The molecule has 0 atom stereocenters. The summed E-state index contributed by atoms with van der Waals surface area (Å²) in [7, 11) is 2.96. The average Bonchev–Trinajstić information content (AvgIpc) is 2.35. The Morgan fingerprint density at radius 2 is 1.94 bits per heavy atom. The normalized spacial score (nSPS) is 10.1. The minimum Gasteiger partial charge on any atom is -0.340 e. The summed E-state index contributed by atoms with van der Waals surface area (Å²) in [6.07, 6.45) is 1.12. The number of benzene rings is 1. The van der Waals surface area contributed by atoms with Crippen molar-refractivity contribution in [2.75, 3.05) is 14.1 Å². The number of amides is 2. The predicted molar refractivity (Wildman–Crippen MR) is 61.5 cm³/mol.